The third-order valence-electron chi connectivity index (χ3n) is 0.108. The van der Waals surface area contributed by atoms with Gasteiger partial charge in [0.05, 0.1) is 0 Å². The van der Waals surface area contributed by atoms with Crippen LogP contribution in [0.3, 0.4) is 0 Å². The maximum atomic E-state index is 7.54. The van der Waals surface area contributed by atoms with E-state index in [9.17, 15) is 0 Å². The first-order chi connectivity index (χ1) is 3.41. The van der Waals surface area contributed by atoms with Crippen LogP contribution in [0.1, 0.15) is 7.43 Å². The van der Waals surface area contributed by atoms with Crippen LogP contribution >= 0.6 is 0 Å². The van der Waals surface area contributed by atoms with E-state index in [1.54, 1.807) is 0 Å². The third-order valence-corrected chi connectivity index (χ3v) is 0.445. The van der Waals surface area contributed by atoms with Gasteiger partial charge in [0, 0.05) is 0 Å². The molecule has 0 amide bonds. The zero-order valence-electron chi connectivity index (χ0n) is 2.98. The summed E-state index contributed by atoms with van der Waals surface area (Å²) in [6.45, 7) is 0. The predicted molar refractivity (Wildman–Crippen MR) is 25.0 cm³/mol. The molecule has 0 aromatic heterocycles. The number of rotatable bonds is 2. The van der Waals surface area contributed by atoms with E-state index in [-0.39, 0.29) is 7.43 Å². The Hall–Kier alpha value is -0.861. The fourth-order valence-electron chi connectivity index (χ4n) is 0.0362. The molecule has 0 saturated carbocycles. The minimum atomic E-state index is 0. The molecule has 0 spiro atoms. The Balaban J connectivity index is 0. The van der Waals surface area contributed by atoms with E-state index in [2.05, 4.69) is 18.1 Å². The van der Waals surface area contributed by atoms with Crippen molar-refractivity contribution in [2.75, 3.05) is 0 Å². The summed E-state index contributed by atoms with van der Waals surface area (Å²) in [5, 5.41) is 0. The molecule has 7 heteroatoms. The topological polar surface area (TPSA) is 97.5 Å². The summed E-state index contributed by atoms with van der Waals surface area (Å²) in [7, 11) is 0. The monoisotopic (exact) mass is 163 g/mol. The average Bonchev–Trinajstić information content (AvgIpc) is 1.69. The Morgan fingerprint density at radius 1 is 1.12 bits per heavy atom. The van der Waals surface area contributed by atoms with Crippen molar-refractivity contribution in [3.05, 3.63) is 20.9 Å². The van der Waals surface area contributed by atoms with E-state index in [0.717, 1.165) is 0 Å². The van der Waals surface area contributed by atoms with Crippen molar-refractivity contribution in [2.24, 2.45) is 8.26 Å². The van der Waals surface area contributed by atoms with E-state index in [1.807, 2.05) is 0 Å². The van der Waals surface area contributed by atoms with Gasteiger partial charge in [-0.1, -0.05) is 7.43 Å². The molecule has 0 aliphatic rings. The molecule has 0 unspecified atom stereocenters. The normalized spacial score (nSPS) is 5.50. The number of nitrogens with zero attached hydrogens (tertiary/aromatic N) is 6. The fraction of sp³-hybridized carbons (Fsp3) is 1.00. The Morgan fingerprint density at radius 3 is 1.75 bits per heavy atom. The summed E-state index contributed by atoms with van der Waals surface area (Å²) in [6.07, 6.45) is 0. The zero-order valence-corrected chi connectivity index (χ0v) is 3.93. The third kappa shape index (κ3) is 8.94. The minimum absolute atomic E-state index is 0. The number of hydrogen-bond donors (Lipinski definition) is 0. The van der Waals surface area contributed by atoms with Gasteiger partial charge in [0.25, 0.3) is 0 Å². The van der Waals surface area contributed by atoms with Gasteiger partial charge in [-0.2, -0.15) is 0 Å². The van der Waals surface area contributed by atoms with Crippen LogP contribution in [0.25, 0.3) is 20.9 Å². The van der Waals surface area contributed by atoms with E-state index in [4.69, 9.17) is 11.1 Å². The SMILES string of the molecule is C.[N-]=[N+]=[N][Cu][N]=[N+]=[N-]. The van der Waals surface area contributed by atoms with E-state index >= 15 is 0 Å². The second-order valence-corrected chi connectivity index (χ2v) is 0.925. The summed E-state index contributed by atoms with van der Waals surface area (Å²) in [5.74, 6) is 0. The molecule has 0 radical (unpaired) electrons. The molecular weight excluding hydrogens is 160 g/mol. The van der Waals surface area contributed by atoms with E-state index in [0.29, 0.717) is 15.4 Å². The van der Waals surface area contributed by atoms with Crippen LogP contribution in [-0.4, -0.2) is 0 Å². The van der Waals surface area contributed by atoms with Gasteiger partial charge < -0.3 is 0 Å². The molecule has 0 aromatic rings. The van der Waals surface area contributed by atoms with Crippen molar-refractivity contribution in [1.82, 2.24) is 0 Å². The summed E-state index contributed by atoms with van der Waals surface area (Å²) < 4.78 is 5.66. The second-order valence-electron chi connectivity index (χ2n) is 0.360. The number of azide groups is 1. The van der Waals surface area contributed by atoms with Crippen LogP contribution in [0, 0.1) is 0 Å². The molecule has 0 fully saturated rings. The summed E-state index contributed by atoms with van der Waals surface area (Å²) >= 11 is 0.547. The first kappa shape index (κ1) is 10.2. The molecule has 8 heavy (non-hydrogen) atoms. The van der Waals surface area contributed by atoms with Gasteiger partial charge >= 0.3 is 44.5 Å². The van der Waals surface area contributed by atoms with Crippen molar-refractivity contribution >= 4 is 0 Å². The van der Waals surface area contributed by atoms with Crippen molar-refractivity contribution in [3.63, 3.8) is 0 Å². The fourth-order valence-corrected chi connectivity index (χ4v) is 0.149. The molecule has 0 aromatic carbocycles. The maximum absolute atomic E-state index is 7.54. The van der Waals surface area contributed by atoms with Crippen LogP contribution in [0.2, 0.25) is 0 Å². The Kier molecular flexibility index (Phi) is 12.1. The van der Waals surface area contributed by atoms with Crippen molar-refractivity contribution in [2.45, 2.75) is 7.43 Å². The van der Waals surface area contributed by atoms with Crippen LogP contribution < -0.4 is 0 Å². The van der Waals surface area contributed by atoms with Gasteiger partial charge in [-0.15, -0.1) is 0 Å². The standard InChI is InChI=1S/CH4.Cu.2N3/c;;2*1-3-2/h1H4;;;/q;+2;2*-1. The van der Waals surface area contributed by atoms with E-state index < -0.39 is 0 Å². The zero-order chi connectivity index (χ0) is 5.54. The quantitative estimate of drug-likeness (QED) is 0.258. The molecule has 6 nitrogen and oxygen atoms in total. The predicted octanol–water partition coefficient (Wildman–Crippen LogP) is 2.16. The first-order valence-electron chi connectivity index (χ1n) is 1.07. The Labute approximate surface area is 52.7 Å². The molecule has 0 aliphatic carbocycles. The molecule has 49 valence electrons. The van der Waals surface area contributed by atoms with Crippen molar-refractivity contribution in [1.29, 1.82) is 0 Å². The van der Waals surface area contributed by atoms with Crippen LogP contribution in [0.5, 0.6) is 0 Å². The van der Waals surface area contributed by atoms with Gasteiger partial charge in [0.15, 0.2) is 0 Å². The Bertz CT molecular complexity index is 111. The van der Waals surface area contributed by atoms with Gasteiger partial charge in [0.2, 0.25) is 0 Å². The van der Waals surface area contributed by atoms with Crippen LogP contribution in [0.4, 0.5) is 0 Å². The molecule has 0 rings (SSSR count). The molecule has 0 atom stereocenters. The molecular formula is CH4CuN6. The first-order valence-corrected chi connectivity index (χ1v) is 1.91. The van der Waals surface area contributed by atoms with Crippen molar-refractivity contribution < 1.29 is 15.4 Å². The average molecular weight is 164 g/mol. The summed E-state index contributed by atoms with van der Waals surface area (Å²) in [5.41, 5.74) is 15.1. The molecule has 0 aliphatic heterocycles. The van der Waals surface area contributed by atoms with Gasteiger partial charge in [-0.05, 0) is 0 Å². The summed E-state index contributed by atoms with van der Waals surface area (Å²) in [6, 6.07) is 0. The van der Waals surface area contributed by atoms with Gasteiger partial charge in [-0.3, -0.25) is 0 Å². The van der Waals surface area contributed by atoms with Crippen LogP contribution in [-0.2, 0) is 15.4 Å². The molecule has 0 saturated heterocycles. The van der Waals surface area contributed by atoms with Crippen molar-refractivity contribution in [3.8, 4) is 0 Å². The Morgan fingerprint density at radius 2 is 1.50 bits per heavy atom. The van der Waals surface area contributed by atoms with Gasteiger partial charge in [-0.25, -0.2) is 0 Å². The van der Waals surface area contributed by atoms with Crippen LogP contribution in [0.15, 0.2) is 8.26 Å². The van der Waals surface area contributed by atoms with Gasteiger partial charge in [0.1, 0.15) is 0 Å². The second kappa shape index (κ2) is 9.46. The van der Waals surface area contributed by atoms with E-state index in [1.165, 1.54) is 0 Å². The molecule has 0 heterocycles. The molecule has 0 bridgehead atoms. The number of hydrogen-bond acceptors (Lipinski definition) is 2. The molecule has 0 N–H and O–H groups in total. The summed E-state index contributed by atoms with van der Waals surface area (Å²) in [4.78, 5) is 4.58.